The molecular formula is C15H24BrClN2O3. The Morgan fingerprint density at radius 1 is 1.27 bits per heavy atom. The summed E-state index contributed by atoms with van der Waals surface area (Å²) in [7, 11) is 3.15. The van der Waals surface area contributed by atoms with Crippen LogP contribution in [-0.2, 0) is 11.3 Å². The fourth-order valence-corrected chi connectivity index (χ4v) is 2.18. The number of ether oxygens (including phenoxy) is 2. The van der Waals surface area contributed by atoms with Crippen LogP contribution in [0.5, 0.6) is 11.5 Å². The molecule has 1 amide bonds. The lowest BCUT2D eigenvalue weighted by Gasteiger charge is -2.26. The Hall–Kier alpha value is -0.980. The van der Waals surface area contributed by atoms with Crippen molar-refractivity contribution in [1.82, 2.24) is 5.32 Å². The second-order valence-corrected chi connectivity index (χ2v) is 6.71. The van der Waals surface area contributed by atoms with Gasteiger partial charge in [-0.15, -0.1) is 12.4 Å². The van der Waals surface area contributed by atoms with E-state index >= 15 is 0 Å². The minimum absolute atomic E-state index is 0. The van der Waals surface area contributed by atoms with Crippen molar-refractivity contribution >= 4 is 34.2 Å². The van der Waals surface area contributed by atoms with E-state index in [1.54, 1.807) is 14.2 Å². The van der Waals surface area contributed by atoms with E-state index in [9.17, 15) is 4.79 Å². The first-order chi connectivity index (χ1) is 9.70. The summed E-state index contributed by atoms with van der Waals surface area (Å²) in [4.78, 5) is 12.0. The zero-order valence-electron chi connectivity index (χ0n) is 13.5. The molecule has 7 heteroatoms. The van der Waals surface area contributed by atoms with Crippen LogP contribution < -0.4 is 20.5 Å². The molecule has 1 rings (SSSR count). The second kappa shape index (κ2) is 8.60. The van der Waals surface area contributed by atoms with Gasteiger partial charge < -0.3 is 20.5 Å². The molecule has 0 heterocycles. The van der Waals surface area contributed by atoms with Gasteiger partial charge in [0.15, 0.2) is 11.5 Å². The Kier molecular flexibility index (Phi) is 8.22. The van der Waals surface area contributed by atoms with Crippen molar-refractivity contribution in [2.24, 2.45) is 11.1 Å². The quantitative estimate of drug-likeness (QED) is 0.804. The number of amides is 1. The predicted molar refractivity (Wildman–Crippen MR) is 93.8 cm³/mol. The molecule has 0 fully saturated rings. The third-order valence-corrected chi connectivity index (χ3v) is 3.96. The van der Waals surface area contributed by atoms with Crippen LogP contribution in [-0.4, -0.2) is 26.2 Å². The van der Waals surface area contributed by atoms with Gasteiger partial charge in [0.05, 0.1) is 20.3 Å². The van der Waals surface area contributed by atoms with Crippen LogP contribution in [0.15, 0.2) is 16.6 Å². The highest BCUT2D eigenvalue weighted by Gasteiger charge is 2.27. The third-order valence-electron chi connectivity index (χ3n) is 3.22. The predicted octanol–water partition coefficient (Wildman–Crippen LogP) is 2.88. The number of nitrogens with two attached hydrogens (primary N) is 1. The van der Waals surface area contributed by atoms with Crippen molar-refractivity contribution in [2.75, 3.05) is 14.2 Å². The molecule has 1 aromatic carbocycles. The first-order valence-electron chi connectivity index (χ1n) is 6.64. The monoisotopic (exact) mass is 394 g/mol. The molecule has 0 saturated heterocycles. The minimum Gasteiger partial charge on any atom is -0.493 e. The Balaban J connectivity index is 0.00000441. The van der Waals surface area contributed by atoms with E-state index in [1.807, 2.05) is 32.9 Å². The molecule has 3 N–H and O–H groups in total. The number of benzene rings is 1. The van der Waals surface area contributed by atoms with Crippen LogP contribution in [0.4, 0.5) is 0 Å². The summed E-state index contributed by atoms with van der Waals surface area (Å²) in [6, 6.07) is 3.08. The average Bonchev–Trinajstić information content (AvgIpc) is 2.43. The van der Waals surface area contributed by atoms with E-state index in [0.29, 0.717) is 18.0 Å². The maximum Gasteiger partial charge on any atom is 0.237 e. The van der Waals surface area contributed by atoms with Gasteiger partial charge in [-0.1, -0.05) is 36.7 Å². The summed E-state index contributed by atoms with van der Waals surface area (Å²) >= 11 is 3.46. The minimum atomic E-state index is -0.559. The maximum absolute atomic E-state index is 12.0. The fourth-order valence-electron chi connectivity index (χ4n) is 1.72. The molecule has 0 spiro atoms. The van der Waals surface area contributed by atoms with E-state index < -0.39 is 6.04 Å². The highest BCUT2D eigenvalue weighted by molar-refractivity contribution is 9.10. The average molecular weight is 396 g/mol. The summed E-state index contributed by atoms with van der Waals surface area (Å²) in [6.45, 7) is 6.17. The molecule has 5 nitrogen and oxygen atoms in total. The van der Waals surface area contributed by atoms with Gasteiger partial charge in [-0.3, -0.25) is 4.79 Å². The van der Waals surface area contributed by atoms with Gasteiger partial charge in [-0.25, -0.2) is 0 Å². The van der Waals surface area contributed by atoms with Crippen LogP contribution in [0.3, 0.4) is 0 Å². The van der Waals surface area contributed by atoms with E-state index in [0.717, 1.165) is 10.0 Å². The Bertz CT molecular complexity index is 518. The van der Waals surface area contributed by atoms with Crippen molar-refractivity contribution in [3.63, 3.8) is 0 Å². The van der Waals surface area contributed by atoms with Crippen LogP contribution in [0.2, 0.25) is 0 Å². The molecule has 0 unspecified atom stereocenters. The largest absolute Gasteiger partial charge is 0.493 e. The topological polar surface area (TPSA) is 73.6 Å². The van der Waals surface area contributed by atoms with Crippen molar-refractivity contribution in [3.05, 3.63) is 22.2 Å². The van der Waals surface area contributed by atoms with E-state index in [1.165, 1.54) is 0 Å². The number of rotatable bonds is 5. The zero-order valence-corrected chi connectivity index (χ0v) is 15.9. The lowest BCUT2D eigenvalue weighted by atomic mass is 9.87. The molecule has 1 aromatic rings. The lowest BCUT2D eigenvalue weighted by molar-refractivity contribution is -0.124. The Labute approximate surface area is 146 Å². The van der Waals surface area contributed by atoms with E-state index in [-0.39, 0.29) is 23.7 Å². The third kappa shape index (κ3) is 5.34. The van der Waals surface area contributed by atoms with Crippen molar-refractivity contribution in [3.8, 4) is 11.5 Å². The molecule has 1 atom stereocenters. The molecule has 0 saturated carbocycles. The summed E-state index contributed by atoms with van der Waals surface area (Å²) in [6.07, 6.45) is 0. The van der Waals surface area contributed by atoms with Gasteiger partial charge in [0.25, 0.3) is 0 Å². The highest BCUT2D eigenvalue weighted by Crippen LogP contribution is 2.33. The van der Waals surface area contributed by atoms with Crippen LogP contribution in [0.25, 0.3) is 0 Å². The standard InChI is InChI=1S/C15H23BrN2O3.ClH/c1-15(2,3)13(17)14(19)18-8-9-6-11(20-4)12(21-5)7-10(9)16;/h6-7,13H,8,17H2,1-5H3,(H,18,19);1H/t13-;/m1./s1. The number of hydrogen-bond acceptors (Lipinski definition) is 4. The molecule has 22 heavy (non-hydrogen) atoms. The molecule has 0 radical (unpaired) electrons. The number of methoxy groups -OCH3 is 2. The lowest BCUT2D eigenvalue weighted by Crippen LogP contribution is -2.48. The number of halogens is 2. The van der Waals surface area contributed by atoms with E-state index in [2.05, 4.69) is 21.2 Å². The number of nitrogens with one attached hydrogen (secondary N) is 1. The summed E-state index contributed by atoms with van der Waals surface area (Å²) in [5.74, 6) is 1.07. The van der Waals surface area contributed by atoms with Crippen LogP contribution in [0.1, 0.15) is 26.3 Å². The van der Waals surface area contributed by atoms with Crippen molar-refractivity contribution in [1.29, 1.82) is 0 Å². The highest BCUT2D eigenvalue weighted by atomic mass is 79.9. The van der Waals surface area contributed by atoms with Crippen molar-refractivity contribution < 1.29 is 14.3 Å². The van der Waals surface area contributed by atoms with Gasteiger partial charge in [0, 0.05) is 11.0 Å². The molecular weight excluding hydrogens is 372 g/mol. The fraction of sp³-hybridized carbons (Fsp3) is 0.533. The first-order valence-corrected chi connectivity index (χ1v) is 7.43. The summed E-state index contributed by atoms with van der Waals surface area (Å²) in [5.41, 5.74) is 6.54. The smallest absolute Gasteiger partial charge is 0.237 e. The maximum atomic E-state index is 12.0. The number of hydrogen-bond donors (Lipinski definition) is 2. The molecule has 0 aliphatic rings. The normalized spacial score (nSPS) is 12.1. The number of carbonyl (C=O) groups is 1. The Morgan fingerprint density at radius 2 is 1.77 bits per heavy atom. The molecule has 0 bridgehead atoms. The van der Waals surface area contributed by atoms with Crippen molar-refractivity contribution in [2.45, 2.75) is 33.4 Å². The SMILES string of the molecule is COc1cc(Br)c(CNC(=O)[C@@H](N)C(C)(C)C)cc1OC.Cl. The first kappa shape index (κ1) is 21.0. The van der Waals surface area contributed by atoms with E-state index in [4.69, 9.17) is 15.2 Å². The Morgan fingerprint density at radius 3 is 2.23 bits per heavy atom. The van der Waals surface area contributed by atoms with Gasteiger partial charge in [-0.2, -0.15) is 0 Å². The molecule has 126 valence electrons. The number of carbonyl (C=O) groups excluding carboxylic acids is 1. The van der Waals surface area contributed by atoms with Gasteiger partial charge in [-0.05, 0) is 23.1 Å². The molecule has 0 aromatic heterocycles. The second-order valence-electron chi connectivity index (χ2n) is 5.86. The van der Waals surface area contributed by atoms with Gasteiger partial charge in [0.1, 0.15) is 0 Å². The van der Waals surface area contributed by atoms with Crippen LogP contribution >= 0.6 is 28.3 Å². The van der Waals surface area contributed by atoms with Gasteiger partial charge >= 0.3 is 0 Å². The molecule has 0 aliphatic carbocycles. The van der Waals surface area contributed by atoms with Gasteiger partial charge in [0.2, 0.25) is 5.91 Å². The zero-order chi connectivity index (χ0) is 16.2. The summed E-state index contributed by atoms with van der Waals surface area (Å²) < 4.78 is 11.3. The summed E-state index contributed by atoms with van der Waals surface area (Å²) in [5, 5.41) is 2.84. The molecule has 0 aliphatic heterocycles. The van der Waals surface area contributed by atoms with Crippen LogP contribution in [0, 0.1) is 5.41 Å².